The Balaban J connectivity index is 1.70. The Kier molecular flexibility index (Phi) is 3.25. The van der Waals surface area contributed by atoms with Crippen LogP contribution in [0.1, 0.15) is 18.1 Å². The van der Waals surface area contributed by atoms with Crippen LogP contribution in [0.15, 0.2) is 44.3 Å². The fraction of sp³-hybridized carbons (Fsp3) is 0.286. The van der Waals surface area contributed by atoms with Crippen LogP contribution in [-0.4, -0.2) is 10.5 Å². The van der Waals surface area contributed by atoms with Gasteiger partial charge in [-0.1, -0.05) is 0 Å². The number of carbonyl (C=O) groups excluding carboxylic acids is 1. The second-order valence-corrected chi connectivity index (χ2v) is 5.80. The smallest absolute Gasteiger partial charge is 0.264 e. The zero-order valence-corrected chi connectivity index (χ0v) is 12.4. The average Bonchev–Trinajstić information content (AvgIpc) is 3.02. The number of pyridine rings is 1. The molecule has 1 saturated carbocycles. The Morgan fingerprint density at radius 3 is 3.00 bits per heavy atom. The standard InChI is InChI=1S/C14H13BrN2O3/c1-17-7-8(5-11(15)14(17)19)16-13(18)10-6-9(10)12-3-2-4-20-12/h2-5,7,9-10H,6H2,1H3,(H,16,18)/t9-,10+/m1/s1. The molecule has 2 aromatic rings. The van der Waals surface area contributed by atoms with Crippen molar-refractivity contribution in [3.05, 3.63) is 51.2 Å². The summed E-state index contributed by atoms with van der Waals surface area (Å²) in [6.07, 6.45) is 4.02. The number of hydrogen-bond donors (Lipinski definition) is 1. The summed E-state index contributed by atoms with van der Waals surface area (Å²) in [5, 5.41) is 2.83. The first-order valence-electron chi connectivity index (χ1n) is 6.26. The molecule has 1 N–H and O–H groups in total. The van der Waals surface area contributed by atoms with Gasteiger partial charge in [0.25, 0.3) is 5.56 Å². The topological polar surface area (TPSA) is 64.2 Å². The molecule has 104 valence electrons. The number of amides is 1. The molecule has 1 aliphatic rings. The van der Waals surface area contributed by atoms with Crippen molar-refractivity contribution in [3.8, 4) is 0 Å². The van der Waals surface area contributed by atoms with Gasteiger partial charge in [-0.25, -0.2) is 0 Å². The first-order chi connectivity index (χ1) is 9.56. The summed E-state index contributed by atoms with van der Waals surface area (Å²) >= 11 is 3.18. The highest BCUT2D eigenvalue weighted by Gasteiger charge is 2.45. The number of aromatic nitrogens is 1. The molecule has 1 fully saturated rings. The van der Waals surface area contributed by atoms with Crippen molar-refractivity contribution < 1.29 is 9.21 Å². The fourth-order valence-electron chi connectivity index (χ4n) is 2.28. The molecule has 0 aliphatic heterocycles. The second-order valence-electron chi connectivity index (χ2n) is 4.95. The third-order valence-corrected chi connectivity index (χ3v) is 4.01. The zero-order valence-electron chi connectivity index (χ0n) is 10.8. The van der Waals surface area contributed by atoms with Crippen molar-refractivity contribution in [2.45, 2.75) is 12.3 Å². The van der Waals surface area contributed by atoms with Crippen LogP contribution >= 0.6 is 15.9 Å². The average molecular weight is 337 g/mol. The van der Waals surface area contributed by atoms with Gasteiger partial charge in [-0.15, -0.1) is 0 Å². The Morgan fingerprint density at radius 1 is 1.55 bits per heavy atom. The lowest BCUT2D eigenvalue weighted by atomic mass is 10.2. The van der Waals surface area contributed by atoms with Crippen LogP contribution in [0.5, 0.6) is 0 Å². The molecule has 0 spiro atoms. The molecule has 5 nitrogen and oxygen atoms in total. The Labute approximate surface area is 123 Å². The number of halogens is 1. The van der Waals surface area contributed by atoms with Gasteiger partial charge in [-0.05, 0) is 40.5 Å². The van der Waals surface area contributed by atoms with Crippen LogP contribution in [0.4, 0.5) is 5.69 Å². The van der Waals surface area contributed by atoms with E-state index in [0.29, 0.717) is 10.2 Å². The maximum absolute atomic E-state index is 12.1. The molecule has 6 heteroatoms. The van der Waals surface area contributed by atoms with E-state index in [1.807, 2.05) is 12.1 Å². The van der Waals surface area contributed by atoms with E-state index in [0.717, 1.165) is 12.2 Å². The lowest BCUT2D eigenvalue weighted by Crippen LogP contribution is -2.20. The molecule has 0 aromatic carbocycles. The highest BCUT2D eigenvalue weighted by atomic mass is 79.9. The zero-order chi connectivity index (χ0) is 14.3. The van der Waals surface area contributed by atoms with Gasteiger partial charge in [-0.2, -0.15) is 0 Å². The maximum Gasteiger partial charge on any atom is 0.264 e. The first kappa shape index (κ1) is 13.2. The van der Waals surface area contributed by atoms with Gasteiger partial charge >= 0.3 is 0 Å². The highest BCUT2D eigenvalue weighted by molar-refractivity contribution is 9.10. The Bertz CT molecular complexity index is 679. The molecular weight excluding hydrogens is 324 g/mol. The van der Waals surface area contributed by atoms with E-state index >= 15 is 0 Å². The van der Waals surface area contributed by atoms with Crippen molar-refractivity contribution in [3.63, 3.8) is 0 Å². The maximum atomic E-state index is 12.1. The molecule has 2 heterocycles. The molecule has 2 aromatic heterocycles. The van der Waals surface area contributed by atoms with E-state index in [4.69, 9.17) is 4.42 Å². The lowest BCUT2D eigenvalue weighted by molar-refractivity contribution is -0.117. The second kappa shape index (κ2) is 4.94. The molecule has 0 bridgehead atoms. The molecule has 2 atom stereocenters. The van der Waals surface area contributed by atoms with E-state index < -0.39 is 0 Å². The molecule has 0 saturated heterocycles. The van der Waals surface area contributed by atoms with Crippen molar-refractivity contribution in [1.82, 2.24) is 4.57 Å². The number of nitrogens with zero attached hydrogens (tertiary/aromatic N) is 1. The molecule has 20 heavy (non-hydrogen) atoms. The Hall–Kier alpha value is -1.82. The van der Waals surface area contributed by atoms with Gasteiger partial charge < -0.3 is 14.3 Å². The summed E-state index contributed by atoms with van der Waals surface area (Å²) in [6.45, 7) is 0. The van der Waals surface area contributed by atoms with Crippen molar-refractivity contribution in [2.75, 3.05) is 5.32 Å². The third kappa shape index (κ3) is 2.43. The van der Waals surface area contributed by atoms with Crippen LogP contribution in [0.25, 0.3) is 0 Å². The van der Waals surface area contributed by atoms with Crippen LogP contribution in [0.3, 0.4) is 0 Å². The van der Waals surface area contributed by atoms with E-state index in [2.05, 4.69) is 21.2 Å². The number of anilines is 1. The molecule has 3 rings (SSSR count). The Morgan fingerprint density at radius 2 is 2.35 bits per heavy atom. The number of furan rings is 1. The predicted octanol–water partition coefficient (Wildman–Crippen LogP) is 2.48. The van der Waals surface area contributed by atoms with Crippen molar-refractivity contribution >= 4 is 27.5 Å². The van der Waals surface area contributed by atoms with Gasteiger partial charge in [-0.3, -0.25) is 9.59 Å². The van der Waals surface area contributed by atoms with Crippen LogP contribution in [-0.2, 0) is 11.8 Å². The minimum absolute atomic E-state index is 0.0445. The molecule has 1 aliphatic carbocycles. The summed E-state index contributed by atoms with van der Waals surface area (Å²) in [5.74, 6) is 0.918. The molecular formula is C14H13BrN2O3. The number of hydrogen-bond acceptors (Lipinski definition) is 3. The number of rotatable bonds is 3. The first-order valence-corrected chi connectivity index (χ1v) is 7.06. The summed E-state index contributed by atoms with van der Waals surface area (Å²) in [7, 11) is 1.64. The summed E-state index contributed by atoms with van der Waals surface area (Å²) in [4.78, 5) is 23.7. The minimum Gasteiger partial charge on any atom is -0.469 e. The van der Waals surface area contributed by atoms with Crippen molar-refractivity contribution in [1.29, 1.82) is 0 Å². The van der Waals surface area contributed by atoms with E-state index in [9.17, 15) is 9.59 Å². The van der Waals surface area contributed by atoms with Crippen LogP contribution in [0, 0.1) is 5.92 Å². The monoisotopic (exact) mass is 336 g/mol. The predicted molar refractivity (Wildman–Crippen MR) is 77.6 cm³/mol. The number of nitrogens with one attached hydrogen (secondary N) is 1. The SMILES string of the molecule is Cn1cc(NC(=O)[C@H]2C[C@H]2c2ccco2)cc(Br)c1=O. The molecule has 0 unspecified atom stereocenters. The van der Waals surface area contributed by atoms with Crippen molar-refractivity contribution in [2.24, 2.45) is 13.0 Å². The quantitative estimate of drug-likeness (QED) is 0.936. The highest BCUT2D eigenvalue weighted by Crippen LogP contribution is 2.48. The van der Waals surface area contributed by atoms with Gasteiger partial charge in [0.1, 0.15) is 5.76 Å². The normalized spacial score (nSPS) is 20.7. The molecule has 1 amide bonds. The fourth-order valence-corrected chi connectivity index (χ4v) is 2.80. The summed E-state index contributed by atoms with van der Waals surface area (Å²) in [6, 6.07) is 5.33. The summed E-state index contributed by atoms with van der Waals surface area (Å²) in [5.41, 5.74) is 0.469. The van der Waals surface area contributed by atoms with Gasteiger partial charge in [0.15, 0.2) is 0 Å². The minimum atomic E-state index is -0.136. The van der Waals surface area contributed by atoms with Gasteiger partial charge in [0.05, 0.1) is 16.4 Å². The van der Waals surface area contributed by atoms with E-state index in [-0.39, 0.29) is 23.3 Å². The van der Waals surface area contributed by atoms with Crippen LogP contribution < -0.4 is 10.9 Å². The number of aryl methyl sites for hydroxylation is 1. The number of carbonyl (C=O) groups is 1. The van der Waals surface area contributed by atoms with Gasteiger partial charge in [0, 0.05) is 25.1 Å². The van der Waals surface area contributed by atoms with E-state index in [1.54, 1.807) is 25.6 Å². The third-order valence-electron chi connectivity index (χ3n) is 3.44. The van der Waals surface area contributed by atoms with E-state index in [1.165, 1.54) is 4.57 Å². The summed E-state index contributed by atoms with van der Waals surface area (Å²) < 4.78 is 7.16. The van der Waals surface area contributed by atoms with Crippen LogP contribution in [0.2, 0.25) is 0 Å². The largest absolute Gasteiger partial charge is 0.469 e. The molecule has 0 radical (unpaired) electrons. The van der Waals surface area contributed by atoms with Gasteiger partial charge in [0.2, 0.25) is 5.91 Å². The lowest BCUT2D eigenvalue weighted by Gasteiger charge is -2.07.